The van der Waals surface area contributed by atoms with Crippen molar-refractivity contribution in [1.82, 2.24) is 4.98 Å². The molecule has 0 atom stereocenters. The van der Waals surface area contributed by atoms with Crippen LogP contribution in [0.3, 0.4) is 0 Å². The Kier molecular flexibility index (Phi) is 3.67. The van der Waals surface area contributed by atoms with Gasteiger partial charge in [0.05, 0.1) is 4.88 Å². The standard InChI is InChI=1S/C6H5Br2NO2S/c1-3(10)11-2-4-5(7)9-6(8)12-4/h2H2,1H3. The van der Waals surface area contributed by atoms with E-state index in [2.05, 4.69) is 36.8 Å². The van der Waals surface area contributed by atoms with Crippen molar-refractivity contribution in [3.8, 4) is 0 Å². The molecule has 0 radical (unpaired) electrons. The summed E-state index contributed by atoms with van der Waals surface area (Å²) < 4.78 is 6.30. The first-order chi connectivity index (χ1) is 5.59. The van der Waals surface area contributed by atoms with Gasteiger partial charge in [-0.1, -0.05) is 0 Å². The van der Waals surface area contributed by atoms with Crippen molar-refractivity contribution in [3.05, 3.63) is 13.4 Å². The molecular weight excluding hydrogens is 310 g/mol. The first-order valence-corrected chi connectivity index (χ1v) is 5.44. The zero-order valence-corrected chi connectivity index (χ0v) is 10.1. The van der Waals surface area contributed by atoms with Gasteiger partial charge in [0.1, 0.15) is 11.2 Å². The fraction of sp³-hybridized carbons (Fsp3) is 0.333. The Bertz CT molecular complexity index is 300. The van der Waals surface area contributed by atoms with E-state index in [0.717, 1.165) is 13.4 Å². The van der Waals surface area contributed by atoms with Crippen LogP contribution in [0, 0.1) is 0 Å². The monoisotopic (exact) mass is 313 g/mol. The summed E-state index contributed by atoms with van der Waals surface area (Å²) in [6.07, 6.45) is 0. The average molecular weight is 315 g/mol. The minimum absolute atomic E-state index is 0.277. The van der Waals surface area contributed by atoms with E-state index in [1.807, 2.05) is 0 Å². The van der Waals surface area contributed by atoms with Gasteiger partial charge in [-0.25, -0.2) is 4.98 Å². The highest BCUT2D eigenvalue weighted by Gasteiger charge is 2.07. The second kappa shape index (κ2) is 4.34. The number of aromatic nitrogens is 1. The van der Waals surface area contributed by atoms with Gasteiger partial charge in [-0.3, -0.25) is 4.79 Å². The molecule has 3 nitrogen and oxygen atoms in total. The molecule has 0 unspecified atom stereocenters. The van der Waals surface area contributed by atoms with Crippen LogP contribution < -0.4 is 0 Å². The van der Waals surface area contributed by atoms with Gasteiger partial charge in [0.2, 0.25) is 0 Å². The number of hydrogen-bond acceptors (Lipinski definition) is 4. The van der Waals surface area contributed by atoms with Crippen LogP contribution in [0.4, 0.5) is 0 Å². The van der Waals surface area contributed by atoms with E-state index in [4.69, 9.17) is 4.74 Å². The van der Waals surface area contributed by atoms with E-state index in [9.17, 15) is 4.79 Å². The van der Waals surface area contributed by atoms with Crippen LogP contribution in [0.5, 0.6) is 0 Å². The Hall–Kier alpha value is 0.0600. The molecule has 0 spiro atoms. The Labute approximate surface area is 90.4 Å². The molecule has 0 bridgehead atoms. The molecule has 0 aromatic carbocycles. The molecule has 0 saturated heterocycles. The molecule has 1 aromatic heterocycles. The number of halogens is 2. The summed E-state index contributed by atoms with van der Waals surface area (Å²) in [5.74, 6) is -0.286. The number of carbonyl (C=O) groups excluding carboxylic acids is 1. The molecule has 1 heterocycles. The van der Waals surface area contributed by atoms with Crippen LogP contribution in [0.1, 0.15) is 11.8 Å². The fourth-order valence-electron chi connectivity index (χ4n) is 0.562. The molecule has 6 heteroatoms. The Balaban J connectivity index is 2.62. The summed E-state index contributed by atoms with van der Waals surface area (Å²) in [6, 6.07) is 0. The van der Waals surface area contributed by atoms with Crippen molar-refractivity contribution >= 4 is 49.2 Å². The second-order valence-electron chi connectivity index (χ2n) is 1.96. The highest BCUT2D eigenvalue weighted by molar-refractivity contribution is 9.11. The van der Waals surface area contributed by atoms with Gasteiger partial charge in [-0.15, -0.1) is 11.3 Å². The molecule has 0 N–H and O–H groups in total. The maximum atomic E-state index is 10.5. The molecule has 1 rings (SSSR count). The molecule has 0 aliphatic heterocycles. The highest BCUT2D eigenvalue weighted by Crippen LogP contribution is 2.27. The lowest BCUT2D eigenvalue weighted by Gasteiger charge is -1.97. The van der Waals surface area contributed by atoms with Crippen molar-refractivity contribution in [3.63, 3.8) is 0 Å². The molecule has 0 saturated carbocycles. The zero-order valence-electron chi connectivity index (χ0n) is 6.13. The number of carbonyl (C=O) groups is 1. The summed E-state index contributed by atoms with van der Waals surface area (Å²) in [5, 5.41) is 0. The maximum Gasteiger partial charge on any atom is 0.302 e. The normalized spacial score (nSPS) is 9.92. The SMILES string of the molecule is CC(=O)OCc1sc(Br)nc1Br. The highest BCUT2D eigenvalue weighted by atomic mass is 79.9. The van der Waals surface area contributed by atoms with Gasteiger partial charge in [0.15, 0.2) is 3.92 Å². The Morgan fingerprint density at radius 3 is 2.75 bits per heavy atom. The predicted molar refractivity (Wildman–Crippen MR) is 53.0 cm³/mol. The quantitative estimate of drug-likeness (QED) is 0.788. The molecular formula is C6H5Br2NO2S. The van der Waals surface area contributed by atoms with Crippen molar-refractivity contribution in [2.75, 3.05) is 0 Å². The van der Waals surface area contributed by atoms with Crippen molar-refractivity contribution in [2.45, 2.75) is 13.5 Å². The first-order valence-electron chi connectivity index (χ1n) is 3.03. The van der Waals surface area contributed by atoms with Crippen LogP contribution in [-0.4, -0.2) is 11.0 Å². The number of hydrogen-bond donors (Lipinski definition) is 0. The van der Waals surface area contributed by atoms with Crippen LogP contribution in [0.15, 0.2) is 8.52 Å². The summed E-state index contributed by atoms with van der Waals surface area (Å²) in [7, 11) is 0. The molecule has 0 aliphatic rings. The largest absolute Gasteiger partial charge is 0.460 e. The zero-order chi connectivity index (χ0) is 9.14. The van der Waals surface area contributed by atoms with E-state index in [-0.39, 0.29) is 12.6 Å². The van der Waals surface area contributed by atoms with E-state index in [1.165, 1.54) is 18.3 Å². The van der Waals surface area contributed by atoms with E-state index in [0.29, 0.717) is 0 Å². The summed E-state index contributed by atoms with van der Waals surface area (Å²) in [6.45, 7) is 1.66. The third-order valence-electron chi connectivity index (χ3n) is 1.03. The average Bonchev–Trinajstić information content (AvgIpc) is 2.26. The lowest BCUT2D eigenvalue weighted by molar-refractivity contribution is -0.142. The molecule has 12 heavy (non-hydrogen) atoms. The topological polar surface area (TPSA) is 39.2 Å². The second-order valence-corrected chi connectivity index (χ2v) is 5.07. The number of ether oxygens (including phenoxy) is 1. The molecule has 0 amide bonds. The molecule has 1 aromatic rings. The van der Waals surface area contributed by atoms with Gasteiger partial charge >= 0.3 is 5.97 Å². The molecule has 0 fully saturated rings. The van der Waals surface area contributed by atoms with Crippen LogP contribution in [0.25, 0.3) is 0 Å². The lowest BCUT2D eigenvalue weighted by Crippen LogP contribution is -1.97. The van der Waals surface area contributed by atoms with Gasteiger partial charge < -0.3 is 4.74 Å². The lowest BCUT2D eigenvalue weighted by atomic mass is 10.6. The molecule has 0 aliphatic carbocycles. The minimum atomic E-state index is -0.286. The maximum absolute atomic E-state index is 10.5. The van der Waals surface area contributed by atoms with Gasteiger partial charge in [0.25, 0.3) is 0 Å². The summed E-state index contributed by atoms with van der Waals surface area (Å²) in [4.78, 5) is 15.4. The van der Waals surface area contributed by atoms with Crippen molar-refractivity contribution < 1.29 is 9.53 Å². The van der Waals surface area contributed by atoms with Crippen molar-refractivity contribution in [2.24, 2.45) is 0 Å². The van der Waals surface area contributed by atoms with E-state index in [1.54, 1.807) is 0 Å². The van der Waals surface area contributed by atoms with Crippen LogP contribution in [0.2, 0.25) is 0 Å². The predicted octanol–water partition coefficient (Wildman–Crippen LogP) is 2.73. The summed E-state index contributed by atoms with van der Waals surface area (Å²) in [5.41, 5.74) is 0. The first kappa shape index (κ1) is 10.1. The fourth-order valence-corrected chi connectivity index (χ4v) is 2.80. The Morgan fingerprint density at radius 1 is 1.67 bits per heavy atom. The third-order valence-corrected chi connectivity index (χ3v) is 3.43. The number of thiazole rings is 1. The summed E-state index contributed by atoms with van der Waals surface area (Å²) >= 11 is 7.91. The van der Waals surface area contributed by atoms with Gasteiger partial charge in [-0.05, 0) is 31.9 Å². The van der Waals surface area contributed by atoms with Crippen LogP contribution in [-0.2, 0) is 16.1 Å². The van der Waals surface area contributed by atoms with Crippen molar-refractivity contribution in [1.29, 1.82) is 0 Å². The Morgan fingerprint density at radius 2 is 2.33 bits per heavy atom. The van der Waals surface area contributed by atoms with Crippen LogP contribution >= 0.6 is 43.2 Å². The number of nitrogens with zero attached hydrogens (tertiary/aromatic N) is 1. The third kappa shape index (κ3) is 2.84. The van der Waals surface area contributed by atoms with E-state index < -0.39 is 0 Å². The molecule has 66 valence electrons. The minimum Gasteiger partial charge on any atom is -0.460 e. The van der Waals surface area contributed by atoms with Gasteiger partial charge in [-0.2, -0.15) is 0 Å². The van der Waals surface area contributed by atoms with Gasteiger partial charge in [0, 0.05) is 6.92 Å². The smallest absolute Gasteiger partial charge is 0.302 e. The van der Waals surface area contributed by atoms with E-state index >= 15 is 0 Å². The number of rotatable bonds is 2. The number of esters is 1.